The number of thioether (sulfide) groups is 1. The number of amides is 1. The Morgan fingerprint density at radius 2 is 2.04 bits per heavy atom. The molecular weight excluding hydrogens is 324 g/mol. The smallest absolute Gasteiger partial charge is 0.250 e. The fourth-order valence-electron chi connectivity index (χ4n) is 3.92. The van der Waals surface area contributed by atoms with Crippen LogP contribution < -0.4 is 16.9 Å². The Kier molecular flexibility index (Phi) is 4.19. The molecule has 0 aromatic carbocycles. The molecule has 0 radical (unpaired) electrons. The molecule has 1 amide bonds. The van der Waals surface area contributed by atoms with Gasteiger partial charge in [0.05, 0.1) is 5.75 Å². The van der Waals surface area contributed by atoms with Crippen LogP contribution in [-0.2, 0) is 4.79 Å². The van der Waals surface area contributed by atoms with Gasteiger partial charge in [-0.15, -0.1) is 0 Å². The summed E-state index contributed by atoms with van der Waals surface area (Å²) in [6.07, 6.45) is 3.37. The summed E-state index contributed by atoms with van der Waals surface area (Å²) in [4.78, 5) is 20.1. The van der Waals surface area contributed by atoms with Crippen LogP contribution in [0, 0.1) is 16.7 Å². The molecule has 24 heavy (non-hydrogen) atoms. The van der Waals surface area contributed by atoms with Crippen LogP contribution in [0.15, 0.2) is 16.3 Å². The van der Waals surface area contributed by atoms with Crippen molar-refractivity contribution in [3.05, 3.63) is 6.07 Å². The van der Waals surface area contributed by atoms with Crippen LogP contribution in [0.3, 0.4) is 0 Å². The Balaban J connectivity index is 1.58. The second kappa shape index (κ2) is 5.91. The molecule has 2 fully saturated rings. The maximum Gasteiger partial charge on any atom is 0.250 e. The molecule has 1 aromatic heterocycles. The molecule has 2 bridgehead atoms. The normalized spacial score (nSPS) is 29.1. The Morgan fingerprint density at radius 3 is 2.58 bits per heavy atom. The lowest BCUT2D eigenvalue weighted by Gasteiger charge is -2.34. The van der Waals surface area contributed by atoms with E-state index in [1.54, 1.807) is 0 Å². The monoisotopic (exact) mass is 348 g/mol. The first kappa shape index (κ1) is 17.0. The predicted octanol–water partition coefficient (Wildman–Crippen LogP) is 2.05. The second-order valence-corrected chi connectivity index (χ2v) is 8.32. The van der Waals surface area contributed by atoms with Gasteiger partial charge in [-0.25, -0.2) is 15.4 Å². The summed E-state index contributed by atoms with van der Waals surface area (Å²) in [7, 11) is 0. The van der Waals surface area contributed by atoms with Crippen LogP contribution in [0.1, 0.15) is 40.0 Å². The topological polar surface area (TPSA) is 119 Å². The molecule has 2 atom stereocenters. The molecule has 2 unspecified atom stereocenters. The van der Waals surface area contributed by atoms with Gasteiger partial charge in [0.15, 0.2) is 5.16 Å². The molecule has 5 N–H and O–H groups in total. The first-order chi connectivity index (χ1) is 11.2. The molecule has 7 nitrogen and oxygen atoms in total. The third-order valence-corrected chi connectivity index (χ3v) is 6.75. The summed E-state index contributed by atoms with van der Waals surface area (Å²) in [6, 6.07) is 1.48. The minimum absolute atomic E-state index is 0.0868. The predicted molar refractivity (Wildman–Crippen MR) is 96.4 cm³/mol. The number of fused-ring (bicyclic) bond motifs is 2. The second-order valence-electron chi connectivity index (χ2n) is 7.38. The van der Waals surface area contributed by atoms with Crippen molar-refractivity contribution in [1.82, 2.24) is 15.4 Å². The fraction of sp³-hybridized carbons (Fsp3) is 0.625. The average molecular weight is 348 g/mol. The molecular formula is C16H24N6OS. The number of carbonyl (C=O) groups is 1. The van der Waals surface area contributed by atoms with Gasteiger partial charge in [-0.2, -0.15) is 5.10 Å². The minimum atomic E-state index is -0.179. The standard InChI is InChI=1S/C16H24N6OS/c1-15(2)9-4-5-16(15,3)10(6-9)21-22-13(23)8-24-14-19-11(17)7-12(18)20-14/h7,9H,4-6,8H2,1-3H3,(H,22,23)(H4,17,18,19,20)/b21-10+. The van der Waals surface area contributed by atoms with Gasteiger partial charge in [0, 0.05) is 17.2 Å². The quantitative estimate of drug-likeness (QED) is 0.435. The van der Waals surface area contributed by atoms with Gasteiger partial charge in [0.2, 0.25) is 0 Å². The van der Waals surface area contributed by atoms with E-state index in [0.717, 1.165) is 18.6 Å². The highest BCUT2D eigenvalue weighted by Crippen LogP contribution is 2.63. The molecule has 0 aliphatic heterocycles. The Labute approximate surface area is 146 Å². The zero-order valence-corrected chi connectivity index (χ0v) is 15.1. The minimum Gasteiger partial charge on any atom is -0.383 e. The molecule has 2 aliphatic carbocycles. The van der Waals surface area contributed by atoms with Crippen LogP contribution in [0.4, 0.5) is 11.6 Å². The summed E-state index contributed by atoms with van der Waals surface area (Å²) >= 11 is 1.19. The van der Waals surface area contributed by atoms with Crippen molar-refractivity contribution in [3.8, 4) is 0 Å². The van der Waals surface area contributed by atoms with E-state index in [2.05, 4.69) is 41.3 Å². The number of nitrogens with two attached hydrogens (primary N) is 2. The van der Waals surface area contributed by atoms with Gasteiger partial charge >= 0.3 is 0 Å². The Bertz CT molecular complexity index is 684. The Morgan fingerprint density at radius 1 is 1.38 bits per heavy atom. The maximum absolute atomic E-state index is 12.1. The third-order valence-electron chi connectivity index (χ3n) is 5.91. The highest BCUT2D eigenvalue weighted by Gasteiger charge is 2.59. The number of hydrogen-bond donors (Lipinski definition) is 3. The molecule has 8 heteroatoms. The van der Waals surface area contributed by atoms with Gasteiger partial charge < -0.3 is 11.5 Å². The van der Waals surface area contributed by atoms with E-state index in [0.29, 0.717) is 22.7 Å². The number of anilines is 2. The summed E-state index contributed by atoms with van der Waals surface area (Å²) < 4.78 is 0. The highest BCUT2D eigenvalue weighted by molar-refractivity contribution is 7.99. The van der Waals surface area contributed by atoms with Crippen LogP contribution in [-0.4, -0.2) is 27.3 Å². The zero-order chi connectivity index (χ0) is 17.5. The third kappa shape index (κ3) is 2.83. The lowest BCUT2D eigenvalue weighted by atomic mass is 9.70. The number of nitrogens with one attached hydrogen (secondary N) is 1. The molecule has 130 valence electrons. The lowest BCUT2D eigenvalue weighted by Crippen LogP contribution is -2.34. The van der Waals surface area contributed by atoms with Crippen molar-refractivity contribution >= 4 is 35.0 Å². The molecule has 1 heterocycles. The largest absolute Gasteiger partial charge is 0.383 e. The van der Waals surface area contributed by atoms with E-state index in [4.69, 9.17) is 11.5 Å². The van der Waals surface area contributed by atoms with Crippen molar-refractivity contribution in [2.24, 2.45) is 21.8 Å². The van der Waals surface area contributed by atoms with Gasteiger partial charge in [-0.05, 0) is 30.6 Å². The van der Waals surface area contributed by atoms with Crippen molar-refractivity contribution < 1.29 is 4.79 Å². The lowest BCUT2D eigenvalue weighted by molar-refractivity contribution is -0.118. The van der Waals surface area contributed by atoms with E-state index in [9.17, 15) is 4.79 Å². The molecule has 2 saturated carbocycles. The molecule has 0 spiro atoms. The van der Waals surface area contributed by atoms with Crippen LogP contribution in [0.5, 0.6) is 0 Å². The van der Waals surface area contributed by atoms with Crippen molar-refractivity contribution in [3.63, 3.8) is 0 Å². The Hall–Kier alpha value is -1.83. The van der Waals surface area contributed by atoms with Gasteiger partial charge in [0.25, 0.3) is 5.91 Å². The number of nitrogens with zero attached hydrogens (tertiary/aromatic N) is 3. The number of carbonyl (C=O) groups excluding carboxylic acids is 1. The zero-order valence-electron chi connectivity index (χ0n) is 14.3. The summed E-state index contributed by atoms with van der Waals surface area (Å²) in [5, 5.41) is 4.83. The van der Waals surface area contributed by atoms with Gasteiger partial charge in [-0.3, -0.25) is 4.79 Å². The molecule has 2 aliphatic rings. The van der Waals surface area contributed by atoms with E-state index < -0.39 is 0 Å². The summed E-state index contributed by atoms with van der Waals surface area (Å²) in [5.41, 5.74) is 15.4. The first-order valence-electron chi connectivity index (χ1n) is 8.11. The van der Waals surface area contributed by atoms with Gasteiger partial charge in [-0.1, -0.05) is 32.5 Å². The fourth-order valence-corrected chi connectivity index (χ4v) is 4.58. The number of hydrazone groups is 1. The highest BCUT2D eigenvalue weighted by atomic mass is 32.2. The van der Waals surface area contributed by atoms with E-state index >= 15 is 0 Å². The first-order valence-corrected chi connectivity index (χ1v) is 9.09. The van der Waals surface area contributed by atoms with Crippen molar-refractivity contribution in [2.45, 2.75) is 45.2 Å². The SMILES string of the molecule is CC12CCC(C/C1=N\NC(=O)CSc1nc(N)cc(N)n1)C2(C)C. The van der Waals surface area contributed by atoms with E-state index in [1.807, 2.05) is 0 Å². The number of aromatic nitrogens is 2. The summed E-state index contributed by atoms with van der Waals surface area (Å²) in [6.45, 7) is 6.89. The average Bonchev–Trinajstić information content (AvgIpc) is 2.83. The van der Waals surface area contributed by atoms with Crippen molar-refractivity contribution in [1.29, 1.82) is 0 Å². The van der Waals surface area contributed by atoms with Crippen LogP contribution >= 0.6 is 11.8 Å². The van der Waals surface area contributed by atoms with E-state index in [-0.39, 0.29) is 22.5 Å². The van der Waals surface area contributed by atoms with Gasteiger partial charge in [0.1, 0.15) is 11.6 Å². The van der Waals surface area contributed by atoms with Crippen LogP contribution in [0.2, 0.25) is 0 Å². The summed E-state index contributed by atoms with van der Waals surface area (Å²) in [5.74, 6) is 1.24. The van der Waals surface area contributed by atoms with Crippen molar-refractivity contribution in [2.75, 3.05) is 17.2 Å². The number of hydrogen-bond acceptors (Lipinski definition) is 7. The maximum atomic E-state index is 12.1. The molecule has 1 aromatic rings. The molecule has 0 saturated heterocycles. The molecule has 3 rings (SSSR count). The van der Waals surface area contributed by atoms with Crippen LogP contribution in [0.25, 0.3) is 0 Å². The van der Waals surface area contributed by atoms with E-state index in [1.165, 1.54) is 24.2 Å². The number of rotatable bonds is 4. The number of nitrogen functional groups attached to an aromatic ring is 2.